The number of carboxylic acids is 1. The van der Waals surface area contributed by atoms with Crippen molar-refractivity contribution in [2.75, 3.05) is 6.54 Å². The molecule has 1 atom stereocenters. The van der Waals surface area contributed by atoms with Crippen LogP contribution >= 0.6 is 15.9 Å². The number of hydrogen-bond donors (Lipinski definition) is 1. The van der Waals surface area contributed by atoms with Crippen molar-refractivity contribution in [1.82, 2.24) is 4.90 Å². The minimum atomic E-state index is -0.773. The standard InChI is InChI=1S/C12H16BrNO3/c1-12(11(15)16)5-2-3-6-14(12)8-10-9(13)4-7-17-10/h4,7H,2-3,5-6,8H2,1H3,(H,15,16). The third-order valence-electron chi connectivity index (χ3n) is 3.53. The number of hydrogen-bond acceptors (Lipinski definition) is 3. The Morgan fingerprint density at radius 2 is 2.41 bits per heavy atom. The fraction of sp³-hybridized carbons (Fsp3) is 0.583. The van der Waals surface area contributed by atoms with E-state index in [2.05, 4.69) is 15.9 Å². The highest BCUT2D eigenvalue weighted by Gasteiger charge is 2.41. The van der Waals surface area contributed by atoms with Crippen molar-refractivity contribution in [3.8, 4) is 0 Å². The quantitative estimate of drug-likeness (QED) is 0.933. The van der Waals surface area contributed by atoms with Gasteiger partial charge < -0.3 is 9.52 Å². The fourth-order valence-corrected chi connectivity index (χ4v) is 2.61. The van der Waals surface area contributed by atoms with Crippen molar-refractivity contribution in [3.05, 3.63) is 22.6 Å². The van der Waals surface area contributed by atoms with E-state index in [-0.39, 0.29) is 0 Å². The van der Waals surface area contributed by atoms with Crippen LogP contribution in [0.1, 0.15) is 31.9 Å². The lowest BCUT2D eigenvalue weighted by Crippen LogP contribution is -2.54. The van der Waals surface area contributed by atoms with Crippen LogP contribution in [0.5, 0.6) is 0 Å². The molecule has 0 bridgehead atoms. The van der Waals surface area contributed by atoms with Crippen LogP contribution in [0, 0.1) is 0 Å². The number of nitrogens with zero attached hydrogens (tertiary/aromatic N) is 1. The molecule has 2 rings (SSSR count). The Labute approximate surface area is 109 Å². The zero-order chi connectivity index (χ0) is 12.5. The van der Waals surface area contributed by atoms with E-state index in [1.165, 1.54) is 0 Å². The number of aliphatic carboxylic acids is 1. The molecule has 1 fully saturated rings. The summed E-state index contributed by atoms with van der Waals surface area (Å²) in [5.41, 5.74) is -0.773. The van der Waals surface area contributed by atoms with Gasteiger partial charge in [0.05, 0.1) is 17.3 Å². The Kier molecular flexibility index (Phi) is 3.58. The van der Waals surface area contributed by atoms with Gasteiger partial charge in [0.1, 0.15) is 11.3 Å². The monoisotopic (exact) mass is 301 g/mol. The Morgan fingerprint density at radius 1 is 1.65 bits per heavy atom. The second-order valence-electron chi connectivity index (χ2n) is 4.65. The van der Waals surface area contributed by atoms with Crippen molar-refractivity contribution < 1.29 is 14.3 Å². The summed E-state index contributed by atoms with van der Waals surface area (Å²) in [6.45, 7) is 3.14. The highest BCUT2D eigenvalue weighted by molar-refractivity contribution is 9.10. The number of rotatable bonds is 3. The Morgan fingerprint density at radius 3 is 3.00 bits per heavy atom. The molecule has 0 aliphatic carbocycles. The van der Waals surface area contributed by atoms with Crippen LogP contribution in [0.2, 0.25) is 0 Å². The predicted molar refractivity (Wildman–Crippen MR) is 66.7 cm³/mol. The fourth-order valence-electron chi connectivity index (χ4n) is 2.28. The molecule has 4 nitrogen and oxygen atoms in total. The van der Waals surface area contributed by atoms with Crippen molar-refractivity contribution >= 4 is 21.9 Å². The van der Waals surface area contributed by atoms with Gasteiger partial charge in [0, 0.05) is 0 Å². The average molecular weight is 302 g/mol. The van der Waals surface area contributed by atoms with E-state index in [1.54, 1.807) is 13.2 Å². The molecule has 0 aromatic carbocycles. The predicted octanol–water partition coefficient (Wildman–Crippen LogP) is 2.87. The Hall–Kier alpha value is -0.810. The van der Waals surface area contributed by atoms with Crippen molar-refractivity contribution in [2.24, 2.45) is 0 Å². The Balaban J connectivity index is 2.18. The molecular weight excluding hydrogens is 286 g/mol. The van der Waals surface area contributed by atoms with Crippen LogP contribution in [0.25, 0.3) is 0 Å². The van der Waals surface area contributed by atoms with Gasteiger partial charge in [-0.15, -0.1) is 0 Å². The Bertz CT molecular complexity index is 418. The average Bonchev–Trinajstić information content (AvgIpc) is 2.68. The molecule has 1 unspecified atom stereocenters. The van der Waals surface area contributed by atoms with E-state index in [1.807, 2.05) is 11.0 Å². The van der Waals surface area contributed by atoms with Gasteiger partial charge in [-0.25, -0.2) is 0 Å². The highest BCUT2D eigenvalue weighted by Crippen LogP contribution is 2.31. The summed E-state index contributed by atoms with van der Waals surface area (Å²) in [4.78, 5) is 13.4. The molecule has 5 heteroatoms. The molecule has 17 heavy (non-hydrogen) atoms. The van der Waals surface area contributed by atoms with Gasteiger partial charge in [-0.05, 0) is 54.7 Å². The zero-order valence-electron chi connectivity index (χ0n) is 9.78. The number of likely N-dealkylation sites (tertiary alicyclic amines) is 1. The van der Waals surface area contributed by atoms with E-state index < -0.39 is 11.5 Å². The van der Waals surface area contributed by atoms with Crippen molar-refractivity contribution in [2.45, 2.75) is 38.3 Å². The van der Waals surface area contributed by atoms with E-state index in [4.69, 9.17) is 4.42 Å². The lowest BCUT2D eigenvalue weighted by atomic mass is 9.88. The summed E-state index contributed by atoms with van der Waals surface area (Å²) < 4.78 is 6.26. The molecule has 0 amide bonds. The third-order valence-corrected chi connectivity index (χ3v) is 4.23. The second kappa shape index (κ2) is 4.82. The third kappa shape index (κ3) is 2.40. The zero-order valence-corrected chi connectivity index (χ0v) is 11.4. The number of carbonyl (C=O) groups is 1. The van der Waals surface area contributed by atoms with Crippen LogP contribution in [0.3, 0.4) is 0 Å². The number of carboxylic acid groups (broad SMARTS) is 1. The van der Waals surface area contributed by atoms with E-state index in [9.17, 15) is 9.90 Å². The van der Waals surface area contributed by atoms with Gasteiger partial charge in [-0.1, -0.05) is 0 Å². The molecule has 1 aromatic heterocycles. The smallest absolute Gasteiger partial charge is 0.323 e. The first-order chi connectivity index (χ1) is 8.04. The molecule has 1 saturated heterocycles. The molecule has 0 saturated carbocycles. The maximum absolute atomic E-state index is 11.4. The van der Waals surface area contributed by atoms with E-state index in [0.717, 1.165) is 29.6 Å². The summed E-state index contributed by atoms with van der Waals surface area (Å²) in [5, 5.41) is 9.38. The SMILES string of the molecule is CC1(C(=O)O)CCCCN1Cc1occc1Br. The maximum atomic E-state index is 11.4. The largest absolute Gasteiger partial charge is 0.480 e. The summed E-state index contributed by atoms with van der Waals surface area (Å²) in [6, 6.07) is 1.83. The van der Waals surface area contributed by atoms with Crippen LogP contribution in [-0.4, -0.2) is 28.1 Å². The van der Waals surface area contributed by atoms with Crippen molar-refractivity contribution in [3.63, 3.8) is 0 Å². The van der Waals surface area contributed by atoms with Gasteiger partial charge in [0.15, 0.2) is 0 Å². The minimum Gasteiger partial charge on any atom is -0.480 e. The highest BCUT2D eigenvalue weighted by atomic mass is 79.9. The number of halogens is 1. The summed E-state index contributed by atoms with van der Waals surface area (Å²) in [5.74, 6) is 0.0410. The van der Waals surface area contributed by atoms with Crippen LogP contribution in [0.4, 0.5) is 0 Å². The minimum absolute atomic E-state index is 0.538. The number of piperidine rings is 1. The van der Waals surface area contributed by atoms with Gasteiger partial charge in [0.25, 0.3) is 0 Å². The molecule has 2 heterocycles. The van der Waals surface area contributed by atoms with Crippen LogP contribution in [0.15, 0.2) is 21.2 Å². The molecule has 1 aliphatic heterocycles. The van der Waals surface area contributed by atoms with Gasteiger partial charge in [0.2, 0.25) is 0 Å². The summed E-state index contributed by atoms with van der Waals surface area (Å²) >= 11 is 3.40. The van der Waals surface area contributed by atoms with Gasteiger partial charge in [-0.2, -0.15) is 0 Å². The first kappa shape index (κ1) is 12.6. The molecule has 1 aliphatic rings. The second-order valence-corrected chi connectivity index (χ2v) is 5.50. The lowest BCUT2D eigenvalue weighted by Gasteiger charge is -2.41. The first-order valence-electron chi connectivity index (χ1n) is 5.74. The number of furan rings is 1. The molecule has 1 N–H and O–H groups in total. The van der Waals surface area contributed by atoms with Crippen LogP contribution in [-0.2, 0) is 11.3 Å². The van der Waals surface area contributed by atoms with Crippen LogP contribution < -0.4 is 0 Å². The lowest BCUT2D eigenvalue weighted by molar-refractivity contribution is -0.153. The molecular formula is C12H16BrNO3. The summed E-state index contributed by atoms with van der Waals surface area (Å²) in [7, 11) is 0. The van der Waals surface area contributed by atoms with Crippen molar-refractivity contribution in [1.29, 1.82) is 0 Å². The maximum Gasteiger partial charge on any atom is 0.323 e. The normalized spacial score (nSPS) is 26.0. The van der Waals surface area contributed by atoms with Gasteiger partial charge in [-0.3, -0.25) is 9.69 Å². The van der Waals surface area contributed by atoms with Gasteiger partial charge >= 0.3 is 5.97 Å². The summed E-state index contributed by atoms with van der Waals surface area (Å²) in [6.07, 6.45) is 4.32. The molecule has 94 valence electrons. The topological polar surface area (TPSA) is 53.7 Å². The van der Waals surface area contributed by atoms with E-state index >= 15 is 0 Å². The van der Waals surface area contributed by atoms with E-state index in [0.29, 0.717) is 13.0 Å². The molecule has 0 spiro atoms. The molecule has 0 radical (unpaired) electrons. The first-order valence-corrected chi connectivity index (χ1v) is 6.53. The molecule has 1 aromatic rings.